The van der Waals surface area contributed by atoms with Crippen LogP contribution >= 0.6 is 0 Å². The van der Waals surface area contributed by atoms with E-state index in [1.807, 2.05) is 37.5 Å². The Balaban J connectivity index is 1.69. The summed E-state index contributed by atoms with van der Waals surface area (Å²) in [7, 11) is 2.03. The van der Waals surface area contributed by atoms with Gasteiger partial charge in [-0.25, -0.2) is 4.39 Å². The third-order valence-corrected chi connectivity index (χ3v) is 3.63. The average Bonchev–Trinajstić information content (AvgIpc) is 2.86. The summed E-state index contributed by atoms with van der Waals surface area (Å²) in [5.41, 5.74) is 2.83. The molecule has 0 bridgehead atoms. The van der Waals surface area contributed by atoms with Crippen LogP contribution < -0.4 is 0 Å². The highest BCUT2D eigenvalue weighted by Gasteiger charge is 2.01. The van der Waals surface area contributed by atoms with Gasteiger partial charge in [-0.3, -0.25) is 4.99 Å². The molecule has 0 saturated carbocycles. The van der Waals surface area contributed by atoms with Gasteiger partial charge < -0.3 is 4.57 Å². The van der Waals surface area contributed by atoms with Gasteiger partial charge in [-0.05, 0) is 18.2 Å². The molecular weight excluding hydrogens is 275 g/mol. The Hall–Kier alpha value is -2.68. The summed E-state index contributed by atoms with van der Waals surface area (Å²) >= 11 is 0. The second-order valence-electron chi connectivity index (χ2n) is 5.11. The maximum atomic E-state index is 13.4. The molecule has 2 aromatic carbocycles. The molecule has 0 spiro atoms. The van der Waals surface area contributed by atoms with Crippen LogP contribution in [0.5, 0.6) is 0 Å². The first kappa shape index (κ1) is 14.3. The first-order valence-electron chi connectivity index (χ1n) is 7.21. The molecule has 0 atom stereocenters. The lowest BCUT2D eigenvalue weighted by Crippen LogP contribution is -1.94. The zero-order valence-electron chi connectivity index (χ0n) is 12.4. The van der Waals surface area contributed by atoms with E-state index < -0.39 is 0 Å². The van der Waals surface area contributed by atoms with Gasteiger partial charge in [-0.2, -0.15) is 0 Å². The van der Waals surface area contributed by atoms with Gasteiger partial charge in [0.05, 0.1) is 12.2 Å². The number of fused-ring (bicyclic) bond motifs is 1. The number of hydrogen-bond acceptors (Lipinski definition) is 1. The largest absolute Gasteiger partial charge is 0.343 e. The highest BCUT2D eigenvalue weighted by molar-refractivity contribution is 5.90. The third kappa shape index (κ3) is 2.98. The van der Waals surface area contributed by atoms with E-state index in [0.717, 1.165) is 5.69 Å². The minimum atomic E-state index is -0.212. The van der Waals surface area contributed by atoms with E-state index in [9.17, 15) is 4.39 Å². The zero-order chi connectivity index (χ0) is 15.4. The third-order valence-electron chi connectivity index (χ3n) is 3.63. The normalized spacial score (nSPS) is 11.9. The molecule has 0 aliphatic carbocycles. The highest BCUT2D eigenvalue weighted by Crippen LogP contribution is 2.16. The van der Waals surface area contributed by atoms with E-state index in [0.29, 0.717) is 12.1 Å². The van der Waals surface area contributed by atoms with Crippen LogP contribution in [0.3, 0.4) is 0 Å². The number of para-hydroxylation sites is 1. The van der Waals surface area contributed by atoms with E-state index in [-0.39, 0.29) is 5.82 Å². The lowest BCUT2D eigenvalue weighted by molar-refractivity contribution is 0.625. The summed E-state index contributed by atoms with van der Waals surface area (Å²) in [5, 5.41) is 1.20. The second-order valence-corrected chi connectivity index (χ2v) is 5.11. The van der Waals surface area contributed by atoms with Crippen LogP contribution in [-0.2, 0) is 7.05 Å². The average molecular weight is 292 g/mol. The molecule has 3 heteroatoms. The molecule has 0 amide bonds. The number of aryl methyl sites for hydroxylation is 1. The van der Waals surface area contributed by atoms with Gasteiger partial charge in [0.25, 0.3) is 0 Å². The van der Waals surface area contributed by atoms with Crippen molar-refractivity contribution < 1.29 is 4.39 Å². The van der Waals surface area contributed by atoms with E-state index in [4.69, 9.17) is 0 Å². The Morgan fingerprint density at radius 3 is 2.68 bits per heavy atom. The second kappa shape index (κ2) is 6.39. The molecule has 0 fully saturated rings. The summed E-state index contributed by atoms with van der Waals surface area (Å²) in [6.45, 7) is 0.524. The SMILES string of the molecule is Cn1c(C=NC/C=C/c2ccccc2F)cc2ccccc21. The molecule has 3 aromatic rings. The predicted molar refractivity (Wildman–Crippen MR) is 90.8 cm³/mol. The first-order chi connectivity index (χ1) is 10.8. The molecule has 0 aliphatic heterocycles. The van der Waals surface area contributed by atoms with Gasteiger partial charge in [-0.1, -0.05) is 48.6 Å². The van der Waals surface area contributed by atoms with Crippen molar-refractivity contribution in [3.8, 4) is 0 Å². The van der Waals surface area contributed by atoms with Crippen LogP contribution in [0.15, 0.2) is 65.7 Å². The van der Waals surface area contributed by atoms with Crippen molar-refractivity contribution in [2.75, 3.05) is 6.54 Å². The zero-order valence-corrected chi connectivity index (χ0v) is 12.4. The first-order valence-corrected chi connectivity index (χ1v) is 7.21. The summed E-state index contributed by atoms with van der Waals surface area (Å²) in [5.74, 6) is -0.212. The topological polar surface area (TPSA) is 17.3 Å². The number of benzene rings is 2. The fraction of sp³-hybridized carbons (Fsp3) is 0.105. The van der Waals surface area contributed by atoms with E-state index >= 15 is 0 Å². The smallest absolute Gasteiger partial charge is 0.130 e. The Bertz CT molecular complexity index is 844. The fourth-order valence-corrected chi connectivity index (χ4v) is 2.43. The summed E-state index contributed by atoms with van der Waals surface area (Å²) in [6, 6.07) is 17.1. The molecule has 22 heavy (non-hydrogen) atoms. The number of aliphatic imine (C=N–C) groups is 1. The Labute approximate surface area is 129 Å². The van der Waals surface area contributed by atoms with Crippen molar-refractivity contribution in [1.29, 1.82) is 0 Å². The lowest BCUT2D eigenvalue weighted by atomic mass is 10.2. The quantitative estimate of drug-likeness (QED) is 0.632. The Morgan fingerprint density at radius 2 is 1.86 bits per heavy atom. The molecule has 110 valence electrons. The van der Waals surface area contributed by atoms with Crippen molar-refractivity contribution >= 4 is 23.2 Å². The number of aromatic nitrogens is 1. The molecule has 0 saturated heterocycles. The standard InChI is InChI=1S/C19H17FN2/c1-22-17(13-16-8-3-5-11-19(16)22)14-21-12-6-9-15-7-2-4-10-18(15)20/h2-11,13-14H,12H2,1H3/b9-6+,21-14?. The fourth-order valence-electron chi connectivity index (χ4n) is 2.43. The Morgan fingerprint density at radius 1 is 1.09 bits per heavy atom. The molecule has 0 aliphatic rings. The molecule has 2 nitrogen and oxygen atoms in total. The minimum absolute atomic E-state index is 0.212. The van der Waals surface area contributed by atoms with Gasteiger partial charge in [-0.15, -0.1) is 0 Å². The van der Waals surface area contributed by atoms with Crippen molar-refractivity contribution in [2.24, 2.45) is 12.0 Å². The monoisotopic (exact) mass is 292 g/mol. The molecule has 0 unspecified atom stereocenters. The van der Waals surface area contributed by atoms with Gasteiger partial charge in [0.1, 0.15) is 5.82 Å². The van der Waals surface area contributed by atoms with Crippen LogP contribution in [0.2, 0.25) is 0 Å². The molecular formula is C19H17FN2. The van der Waals surface area contributed by atoms with Crippen molar-refractivity contribution in [1.82, 2.24) is 4.57 Å². The molecule has 0 radical (unpaired) electrons. The number of nitrogens with zero attached hydrogens (tertiary/aromatic N) is 2. The lowest BCUT2D eigenvalue weighted by Gasteiger charge is -1.98. The Kier molecular flexibility index (Phi) is 4.15. The summed E-state index contributed by atoms with van der Waals surface area (Å²) < 4.78 is 15.6. The van der Waals surface area contributed by atoms with Crippen molar-refractivity contribution in [2.45, 2.75) is 0 Å². The van der Waals surface area contributed by atoms with E-state index in [1.54, 1.807) is 18.2 Å². The van der Waals surface area contributed by atoms with Crippen molar-refractivity contribution in [3.63, 3.8) is 0 Å². The molecule has 0 N–H and O–H groups in total. The molecule has 1 heterocycles. The van der Waals surface area contributed by atoms with Gasteiger partial charge in [0, 0.05) is 29.7 Å². The van der Waals surface area contributed by atoms with Crippen LogP contribution in [0.25, 0.3) is 17.0 Å². The number of halogens is 1. The number of rotatable bonds is 4. The van der Waals surface area contributed by atoms with Crippen molar-refractivity contribution in [3.05, 3.63) is 77.7 Å². The maximum absolute atomic E-state index is 13.4. The highest BCUT2D eigenvalue weighted by atomic mass is 19.1. The van der Waals surface area contributed by atoms with Crippen LogP contribution in [0, 0.1) is 5.82 Å². The molecule has 1 aromatic heterocycles. The minimum Gasteiger partial charge on any atom is -0.343 e. The van der Waals surface area contributed by atoms with Gasteiger partial charge >= 0.3 is 0 Å². The molecule has 3 rings (SSSR count). The number of hydrogen-bond donors (Lipinski definition) is 0. The van der Waals surface area contributed by atoms with Gasteiger partial charge in [0.15, 0.2) is 0 Å². The van der Waals surface area contributed by atoms with Crippen LogP contribution in [0.4, 0.5) is 4.39 Å². The van der Waals surface area contributed by atoms with Crippen LogP contribution in [-0.4, -0.2) is 17.3 Å². The van der Waals surface area contributed by atoms with E-state index in [2.05, 4.69) is 27.8 Å². The summed E-state index contributed by atoms with van der Waals surface area (Å²) in [4.78, 5) is 4.39. The summed E-state index contributed by atoms with van der Waals surface area (Å²) in [6.07, 6.45) is 5.47. The predicted octanol–water partition coefficient (Wildman–Crippen LogP) is 4.45. The van der Waals surface area contributed by atoms with Crippen LogP contribution in [0.1, 0.15) is 11.3 Å². The van der Waals surface area contributed by atoms with E-state index in [1.165, 1.54) is 17.0 Å². The maximum Gasteiger partial charge on any atom is 0.130 e. The van der Waals surface area contributed by atoms with Gasteiger partial charge in [0.2, 0.25) is 0 Å².